The Bertz CT molecular complexity index is 2220. The van der Waals surface area contributed by atoms with Crippen molar-refractivity contribution < 1.29 is 58.3 Å². The van der Waals surface area contributed by atoms with Gasteiger partial charge in [0.05, 0.1) is 23.0 Å². The van der Waals surface area contributed by atoms with Crippen LogP contribution in [0, 0.1) is 20.2 Å². The molecule has 58 heavy (non-hydrogen) atoms. The number of ketones is 4. The van der Waals surface area contributed by atoms with Gasteiger partial charge in [0.25, 0.3) is 12.1 Å². The van der Waals surface area contributed by atoms with E-state index in [1.54, 1.807) is 84.9 Å². The van der Waals surface area contributed by atoms with Crippen molar-refractivity contribution in [3.05, 3.63) is 174 Å². The molecule has 0 saturated heterocycles. The molecule has 0 radical (unpaired) electrons. The van der Waals surface area contributed by atoms with Crippen molar-refractivity contribution in [1.82, 2.24) is 0 Å². The minimum absolute atomic E-state index is 0.0307. The lowest BCUT2D eigenvalue weighted by molar-refractivity contribution is -0.528. The third-order valence-corrected chi connectivity index (χ3v) is 9.43. The van der Waals surface area contributed by atoms with E-state index in [1.807, 2.05) is 0 Å². The summed E-state index contributed by atoms with van der Waals surface area (Å²) in [6.07, 6.45) is 0. The van der Waals surface area contributed by atoms with Crippen LogP contribution in [0.15, 0.2) is 120 Å². The van der Waals surface area contributed by atoms with Gasteiger partial charge in [-0.1, -0.05) is 109 Å². The van der Waals surface area contributed by atoms with Gasteiger partial charge in [-0.2, -0.15) is 0 Å². The molecule has 0 bridgehead atoms. The molecule has 6 rings (SSSR count). The molecule has 4 aromatic rings. The van der Waals surface area contributed by atoms with Gasteiger partial charge in [0.2, 0.25) is 23.1 Å². The van der Waals surface area contributed by atoms with Crippen molar-refractivity contribution in [2.45, 2.75) is 37.8 Å². The van der Waals surface area contributed by atoms with Gasteiger partial charge in [-0.05, 0) is 11.1 Å². The topological polar surface area (TPSA) is 248 Å². The fourth-order valence-electron chi connectivity index (χ4n) is 6.79. The molecule has 0 saturated carbocycles. The first-order chi connectivity index (χ1) is 27.6. The molecule has 2 N–H and O–H groups in total. The second kappa shape index (κ2) is 17.9. The molecule has 0 fully saturated rings. The first kappa shape index (κ1) is 41.5. The average molecular weight is 791 g/mol. The van der Waals surface area contributed by atoms with Crippen molar-refractivity contribution in [2.75, 3.05) is 13.2 Å². The largest absolute Gasteiger partial charge is 0.507 e. The van der Waals surface area contributed by atoms with E-state index in [9.17, 15) is 59.2 Å². The normalized spacial score (nSPS) is 15.5. The highest BCUT2D eigenvalue weighted by Gasteiger charge is 2.47. The van der Waals surface area contributed by atoms with Crippen LogP contribution >= 0.6 is 0 Å². The number of rotatable bonds is 12. The Kier molecular flexibility index (Phi) is 12.8. The predicted octanol–water partition coefficient (Wildman–Crippen LogP) is 5.43. The van der Waals surface area contributed by atoms with Crippen LogP contribution in [0.5, 0.6) is 0 Å². The van der Waals surface area contributed by atoms with E-state index in [2.05, 4.69) is 0 Å². The average Bonchev–Trinajstić information content (AvgIpc) is 3.21. The quantitative estimate of drug-likeness (QED) is 0.0787. The van der Waals surface area contributed by atoms with E-state index in [0.29, 0.717) is 11.1 Å². The molecule has 4 atom stereocenters. The number of hydrogen-bond donors (Lipinski definition) is 2. The Labute approximate surface area is 329 Å². The molecule has 0 unspecified atom stereocenters. The number of nitro groups is 2. The summed E-state index contributed by atoms with van der Waals surface area (Å²) in [4.78, 5) is 95.7. The molecule has 0 heterocycles. The van der Waals surface area contributed by atoms with E-state index in [1.165, 1.54) is 24.3 Å². The molecule has 2 aliphatic rings. The second-order valence-corrected chi connectivity index (χ2v) is 13.0. The van der Waals surface area contributed by atoms with Gasteiger partial charge in [-0.3, -0.25) is 49.0 Å². The lowest BCUT2D eigenvalue weighted by Crippen LogP contribution is -2.38. The second-order valence-electron chi connectivity index (χ2n) is 13.0. The number of ether oxygens (including phenoxy) is 2. The molecular weight excluding hydrogens is 756 g/mol. The fourth-order valence-corrected chi connectivity index (χ4v) is 6.79. The number of esters is 2. The molecular formula is C42H34N2O14. The first-order valence-electron chi connectivity index (χ1n) is 17.5. The van der Waals surface area contributed by atoms with Crippen molar-refractivity contribution >= 4 is 46.6 Å². The smallest absolute Gasteiger partial charge is 0.302 e. The highest BCUT2D eigenvalue weighted by atomic mass is 16.6. The zero-order valence-corrected chi connectivity index (χ0v) is 30.8. The number of hydrogen-bond acceptors (Lipinski definition) is 14. The Morgan fingerprint density at radius 2 is 0.810 bits per heavy atom. The molecule has 0 aliphatic heterocycles. The fraction of sp³-hybridized carbons (Fsp3) is 0.190. The lowest BCUT2D eigenvalue weighted by Gasteiger charge is -2.26. The van der Waals surface area contributed by atoms with Crippen LogP contribution in [0.1, 0.15) is 68.7 Å². The first-order valence-corrected chi connectivity index (χ1v) is 17.5. The number of benzene rings is 4. The molecule has 296 valence electrons. The van der Waals surface area contributed by atoms with Crippen molar-refractivity contribution in [2.24, 2.45) is 0 Å². The van der Waals surface area contributed by atoms with E-state index >= 15 is 0 Å². The summed E-state index contributed by atoms with van der Waals surface area (Å²) in [5.41, 5.74) is 0.228. The highest BCUT2D eigenvalue weighted by molar-refractivity contribution is 6.53. The number of aliphatic hydroxyl groups excluding tert-OH is 2. The zero-order chi connectivity index (χ0) is 42.3. The molecule has 16 nitrogen and oxygen atoms in total. The monoisotopic (exact) mass is 790 g/mol. The van der Waals surface area contributed by atoms with Crippen molar-refractivity contribution in [3.63, 3.8) is 0 Å². The lowest BCUT2D eigenvalue weighted by atomic mass is 9.76. The Balaban J connectivity index is 0.000000221. The Morgan fingerprint density at radius 1 is 0.517 bits per heavy atom. The van der Waals surface area contributed by atoms with E-state index < -0.39 is 93.6 Å². The molecule has 0 amide bonds. The number of nitrogens with zero attached hydrogens (tertiary/aromatic N) is 2. The van der Waals surface area contributed by atoms with Crippen LogP contribution in [0.25, 0.3) is 11.5 Å². The molecule has 4 aromatic carbocycles. The van der Waals surface area contributed by atoms with Gasteiger partial charge in [-0.25, -0.2) is 0 Å². The summed E-state index contributed by atoms with van der Waals surface area (Å²) in [6, 6.07) is 24.9. The van der Waals surface area contributed by atoms with Gasteiger partial charge in [-0.15, -0.1) is 0 Å². The van der Waals surface area contributed by atoms with Crippen LogP contribution in [0.3, 0.4) is 0 Å². The summed E-state index contributed by atoms with van der Waals surface area (Å²) in [6.45, 7) is 0.969. The third-order valence-electron chi connectivity index (χ3n) is 9.43. The van der Waals surface area contributed by atoms with Crippen LogP contribution < -0.4 is 0 Å². The van der Waals surface area contributed by atoms with Gasteiger partial charge in [0, 0.05) is 45.9 Å². The minimum Gasteiger partial charge on any atom is -0.507 e. The number of Topliss-reactive ketones (excluding diaryl/α,β-unsaturated/α-hetero) is 4. The standard InChI is InChI=1S/2C21H17NO7/c2*1-12(23)29-11-16(22(27)28)17(13-7-3-2-4-8-13)18-19(24)14-9-5-6-10-15(14)20(25)21(18)26/h2*2-10,16-17,24H,11H2,1H3/t2*16-,17-/m00/s1. The van der Waals surface area contributed by atoms with Crippen LogP contribution in [0.2, 0.25) is 0 Å². The van der Waals surface area contributed by atoms with Gasteiger partial charge in [0.1, 0.15) is 11.5 Å². The summed E-state index contributed by atoms with van der Waals surface area (Å²) < 4.78 is 9.69. The molecule has 2 aliphatic carbocycles. The Morgan fingerprint density at radius 3 is 1.10 bits per heavy atom. The van der Waals surface area contributed by atoms with Crippen LogP contribution in [0.4, 0.5) is 0 Å². The summed E-state index contributed by atoms with van der Waals surface area (Å²) in [5.74, 6) is -8.79. The molecule has 16 heteroatoms. The SMILES string of the molecule is CC(=O)OC[C@@H]([C@@H](C1=C(O)c2ccccc2C(=O)C1=O)c1ccccc1)[N+](=O)[O-].CC(=O)OC[C@@H]([C@@H](C1=C(O)c2ccccc2C(=O)C1=O)c1ccccc1)[N+](=O)[O-]. The summed E-state index contributed by atoms with van der Waals surface area (Å²) in [7, 11) is 0. The maximum Gasteiger partial charge on any atom is 0.302 e. The van der Waals surface area contributed by atoms with Gasteiger partial charge < -0.3 is 19.7 Å². The van der Waals surface area contributed by atoms with E-state index in [4.69, 9.17) is 9.47 Å². The van der Waals surface area contributed by atoms with Crippen LogP contribution in [-0.4, -0.2) is 80.4 Å². The molecule has 0 spiro atoms. The number of aliphatic hydroxyl groups is 2. The highest BCUT2D eigenvalue weighted by Crippen LogP contribution is 2.40. The van der Waals surface area contributed by atoms with Gasteiger partial charge in [0.15, 0.2) is 13.2 Å². The number of carbonyl (C=O) groups excluding carboxylic acids is 6. The van der Waals surface area contributed by atoms with E-state index in [-0.39, 0.29) is 33.4 Å². The predicted molar refractivity (Wildman–Crippen MR) is 204 cm³/mol. The maximum atomic E-state index is 12.9. The minimum atomic E-state index is -1.58. The van der Waals surface area contributed by atoms with Crippen LogP contribution in [-0.2, 0) is 28.7 Å². The summed E-state index contributed by atoms with van der Waals surface area (Å²) in [5, 5.41) is 45.3. The third kappa shape index (κ3) is 8.60. The van der Waals surface area contributed by atoms with Gasteiger partial charge >= 0.3 is 11.9 Å². The van der Waals surface area contributed by atoms with E-state index in [0.717, 1.165) is 13.8 Å². The maximum absolute atomic E-state index is 12.9. The number of carbonyl (C=O) groups is 6. The zero-order valence-electron chi connectivity index (χ0n) is 30.8. The molecule has 0 aromatic heterocycles. The summed E-state index contributed by atoms with van der Waals surface area (Å²) >= 11 is 0. The number of fused-ring (bicyclic) bond motifs is 2. The van der Waals surface area contributed by atoms with Crippen molar-refractivity contribution in [3.8, 4) is 0 Å². The Hall–Kier alpha value is -7.62. The van der Waals surface area contributed by atoms with Crippen molar-refractivity contribution in [1.29, 1.82) is 0 Å².